The van der Waals surface area contributed by atoms with Crippen LogP contribution in [0.2, 0.25) is 0 Å². The third-order valence-electron chi connectivity index (χ3n) is 3.75. The molecule has 0 bridgehead atoms. The molecule has 0 N–H and O–H groups in total. The van der Waals surface area contributed by atoms with Crippen LogP contribution in [-0.4, -0.2) is 49.1 Å². The number of thioether (sulfide) groups is 1. The van der Waals surface area contributed by atoms with Gasteiger partial charge in [-0.2, -0.15) is 0 Å². The van der Waals surface area contributed by atoms with Gasteiger partial charge >= 0.3 is 0 Å². The van der Waals surface area contributed by atoms with E-state index in [0.717, 1.165) is 10.5 Å². The molecule has 4 nitrogen and oxygen atoms in total. The average Bonchev–Trinajstić information content (AvgIpc) is 2.77. The number of aryl methyl sites for hydroxylation is 1. The molecule has 1 aromatic carbocycles. The van der Waals surface area contributed by atoms with Gasteiger partial charge in [0, 0.05) is 18.0 Å². The van der Waals surface area contributed by atoms with Crippen LogP contribution in [0.5, 0.6) is 0 Å². The van der Waals surface area contributed by atoms with Gasteiger partial charge in [-0.25, -0.2) is 8.42 Å². The quantitative estimate of drug-likeness (QED) is 0.795. The van der Waals surface area contributed by atoms with Gasteiger partial charge < -0.3 is 4.90 Å². The van der Waals surface area contributed by atoms with Crippen LogP contribution in [0.3, 0.4) is 0 Å². The Morgan fingerprint density at radius 3 is 2.71 bits per heavy atom. The van der Waals surface area contributed by atoms with Gasteiger partial charge in [0.25, 0.3) is 0 Å². The Morgan fingerprint density at radius 2 is 2.14 bits per heavy atom. The summed E-state index contributed by atoms with van der Waals surface area (Å²) >= 11 is 1.51. The van der Waals surface area contributed by atoms with Crippen LogP contribution >= 0.6 is 11.8 Å². The predicted octanol–water partition coefficient (Wildman–Crippen LogP) is 2.12. The van der Waals surface area contributed by atoms with Crippen molar-refractivity contribution in [1.82, 2.24) is 4.90 Å². The molecule has 1 aliphatic rings. The Balaban J connectivity index is 1.99. The lowest BCUT2D eigenvalue weighted by Crippen LogP contribution is -2.41. The van der Waals surface area contributed by atoms with Crippen LogP contribution in [0.15, 0.2) is 29.2 Å². The van der Waals surface area contributed by atoms with Crippen molar-refractivity contribution in [3.63, 3.8) is 0 Å². The lowest BCUT2D eigenvalue weighted by molar-refractivity contribution is -0.130. The Kier molecular flexibility index (Phi) is 4.99. The topological polar surface area (TPSA) is 54.5 Å². The molecule has 1 fully saturated rings. The Labute approximate surface area is 130 Å². The molecular weight excluding hydrogens is 306 g/mol. The Bertz CT molecular complexity index is 628. The second-order valence-electron chi connectivity index (χ2n) is 5.58. The van der Waals surface area contributed by atoms with Crippen molar-refractivity contribution in [2.24, 2.45) is 0 Å². The summed E-state index contributed by atoms with van der Waals surface area (Å²) in [6.45, 7) is 3.89. The maximum atomic E-state index is 12.4. The smallest absolute Gasteiger partial charge is 0.235 e. The third-order valence-corrected chi connectivity index (χ3v) is 6.59. The zero-order chi connectivity index (χ0) is 15.6. The lowest BCUT2D eigenvalue weighted by Gasteiger charge is -2.26. The number of sulfone groups is 1. The van der Waals surface area contributed by atoms with Crippen molar-refractivity contribution in [1.29, 1.82) is 0 Å². The molecule has 0 spiro atoms. The van der Waals surface area contributed by atoms with Gasteiger partial charge in [0.05, 0.1) is 16.8 Å². The number of benzene rings is 1. The highest BCUT2D eigenvalue weighted by Crippen LogP contribution is 2.26. The summed E-state index contributed by atoms with van der Waals surface area (Å²) in [7, 11) is -1.26. The van der Waals surface area contributed by atoms with Crippen molar-refractivity contribution in [3.05, 3.63) is 29.8 Å². The van der Waals surface area contributed by atoms with E-state index in [1.807, 2.05) is 32.0 Å². The molecule has 0 saturated carbocycles. The van der Waals surface area contributed by atoms with Crippen molar-refractivity contribution in [2.75, 3.05) is 18.6 Å². The van der Waals surface area contributed by atoms with Gasteiger partial charge in [-0.1, -0.05) is 17.7 Å². The summed E-state index contributed by atoms with van der Waals surface area (Å²) < 4.78 is 23.0. The van der Waals surface area contributed by atoms with Gasteiger partial charge in [0.2, 0.25) is 5.91 Å². The number of rotatable bonds is 4. The van der Waals surface area contributed by atoms with Crippen LogP contribution in [0.25, 0.3) is 0 Å². The first-order valence-electron chi connectivity index (χ1n) is 6.99. The SMILES string of the molecule is Cc1cccc(S[C@@H](C)C(=O)N(C)[C@H]2CCS(=O)(=O)C2)c1. The Morgan fingerprint density at radius 1 is 1.43 bits per heavy atom. The second kappa shape index (κ2) is 6.40. The van der Waals surface area contributed by atoms with Gasteiger partial charge in [-0.05, 0) is 32.4 Å². The highest BCUT2D eigenvalue weighted by atomic mass is 32.2. The number of carbonyl (C=O) groups is 1. The second-order valence-corrected chi connectivity index (χ2v) is 9.23. The van der Waals surface area contributed by atoms with Gasteiger partial charge in [0.15, 0.2) is 9.84 Å². The van der Waals surface area contributed by atoms with Crippen LogP contribution in [0, 0.1) is 6.92 Å². The van der Waals surface area contributed by atoms with E-state index in [0.29, 0.717) is 6.42 Å². The maximum absolute atomic E-state index is 12.4. The number of hydrogen-bond donors (Lipinski definition) is 0. The van der Waals surface area contributed by atoms with Crippen molar-refractivity contribution < 1.29 is 13.2 Å². The summed E-state index contributed by atoms with van der Waals surface area (Å²) in [4.78, 5) is 15.1. The molecule has 116 valence electrons. The van der Waals surface area contributed by atoms with Gasteiger partial charge in [-0.3, -0.25) is 4.79 Å². The van der Waals surface area contributed by atoms with E-state index in [1.54, 1.807) is 11.9 Å². The van der Waals surface area contributed by atoms with Crippen LogP contribution < -0.4 is 0 Å². The molecule has 0 aliphatic carbocycles. The molecule has 1 aromatic rings. The Hall–Kier alpha value is -1.01. The molecule has 2 atom stereocenters. The fourth-order valence-electron chi connectivity index (χ4n) is 2.49. The predicted molar refractivity (Wildman–Crippen MR) is 86.3 cm³/mol. The summed E-state index contributed by atoms with van der Waals surface area (Å²) in [5.41, 5.74) is 1.16. The molecular formula is C15H21NO3S2. The molecule has 2 rings (SSSR count). The highest BCUT2D eigenvalue weighted by molar-refractivity contribution is 8.00. The van der Waals surface area contributed by atoms with Crippen molar-refractivity contribution in [3.8, 4) is 0 Å². The average molecular weight is 327 g/mol. The third kappa shape index (κ3) is 4.23. The van der Waals surface area contributed by atoms with Crippen LogP contribution in [0.1, 0.15) is 18.9 Å². The fourth-order valence-corrected chi connectivity index (χ4v) is 5.35. The zero-order valence-corrected chi connectivity index (χ0v) is 14.2. The largest absolute Gasteiger partial charge is 0.341 e. The van der Waals surface area contributed by atoms with Crippen molar-refractivity contribution >= 4 is 27.5 Å². The summed E-state index contributed by atoms with van der Waals surface area (Å²) in [6, 6.07) is 7.85. The zero-order valence-electron chi connectivity index (χ0n) is 12.6. The van der Waals surface area contributed by atoms with E-state index in [2.05, 4.69) is 6.07 Å². The monoisotopic (exact) mass is 327 g/mol. The minimum absolute atomic E-state index is 0.0105. The van der Waals surface area contributed by atoms with Crippen LogP contribution in [0.4, 0.5) is 0 Å². The van der Waals surface area contributed by atoms with E-state index in [4.69, 9.17) is 0 Å². The lowest BCUT2D eigenvalue weighted by atomic mass is 10.2. The van der Waals surface area contributed by atoms with Gasteiger partial charge in [-0.15, -0.1) is 11.8 Å². The summed E-state index contributed by atoms with van der Waals surface area (Å²) in [5.74, 6) is 0.273. The molecule has 1 aliphatic heterocycles. The van der Waals surface area contributed by atoms with Crippen LogP contribution in [-0.2, 0) is 14.6 Å². The summed E-state index contributed by atoms with van der Waals surface area (Å²) in [6.07, 6.45) is 0.548. The standard InChI is InChI=1S/C15H21NO3S2/c1-11-5-4-6-14(9-11)20-12(2)15(17)16(3)13-7-8-21(18,19)10-13/h4-6,9,12-13H,7-8,10H2,1-3H3/t12-,13-/m0/s1. The summed E-state index contributed by atoms with van der Waals surface area (Å²) in [5, 5.41) is -0.222. The van der Waals surface area contributed by atoms with E-state index >= 15 is 0 Å². The first kappa shape index (κ1) is 16.4. The highest BCUT2D eigenvalue weighted by Gasteiger charge is 2.34. The normalized spacial score (nSPS) is 22.0. The van der Waals surface area contributed by atoms with E-state index in [-0.39, 0.29) is 28.7 Å². The molecule has 0 aromatic heterocycles. The molecule has 1 heterocycles. The maximum Gasteiger partial charge on any atom is 0.235 e. The molecule has 1 saturated heterocycles. The fraction of sp³-hybridized carbons (Fsp3) is 0.533. The molecule has 0 radical (unpaired) electrons. The number of amides is 1. The molecule has 21 heavy (non-hydrogen) atoms. The van der Waals surface area contributed by atoms with Gasteiger partial charge in [0.1, 0.15) is 0 Å². The first-order chi connectivity index (χ1) is 9.78. The van der Waals surface area contributed by atoms with Crippen molar-refractivity contribution in [2.45, 2.75) is 36.5 Å². The first-order valence-corrected chi connectivity index (χ1v) is 9.69. The van der Waals surface area contributed by atoms with E-state index in [9.17, 15) is 13.2 Å². The minimum atomic E-state index is -2.96. The molecule has 0 unspecified atom stereocenters. The minimum Gasteiger partial charge on any atom is -0.341 e. The number of hydrogen-bond acceptors (Lipinski definition) is 4. The molecule has 1 amide bonds. The van der Waals surface area contributed by atoms with E-state index in [1.165, 1.54) is 11.8 Å². The number of carbonyl (C=O) groups excluding carboxylic acids is 1. The number of nitrogens with zero attached hydrogens (tertiary/aromatic N) is 1. The van der Waals surface area contributed by atoms with E-state index < -0.39 is 9.84 Å². The molecule has 6 heteroatoms.